The summed E-state index contributed by atoms with van der Waals surface area (Å²) in [6.45, 7) is 10.2. The minimum atomic E-state index is -0.152. The highest BCUT2D eigenvalue weighted by atomic mass is 16.5. The molecule has 0 aliphatic heterocycles. The fraction of sp³-hybridized carbons (Fsp3) is 0.316. The summed E-state index contributed by atoms with van der Waals surface area (Å²) in [4.78, 5) is 12.0. The van der Waals surface area contributed by atoms with Crippen molar-refractivity contribution in [3.63, 3.8) is 0 Å². The van der Waals surface area contributed by atoms with Crippen molar-refractivity contribution in [1.82, 2.24) is 0 Å². The molecule has 2 aromatic carbocycles. The SMILES string of the molecule is Cc1ccc(NC(=O)COc2cc(C)c(C)cc2C)cc1C. The maximum Gasteiger partial charge on any atom is 0.262 e. The van der Waals surface area contributed by atoms with Gasteiger partial charge in [-0.1, -0.05) is 12.1 Å². The number of carbonyl (C=O) groups is 1. The molecule has 0 aliphatic carbocycles. The molecule has 0 spiro atoms. The van der Waals surface area contributed by atoms with Gasteiger partial charge in [0.05, 0.1) is 0 Å². The molecule has 2 aromatic rings. The summed E-state index contributed by atoms with van der Waals surface area (Å²) in [5, 5.41) is 2.86. The maximum atomic E-state index is 12.0. The first-order valence-corrected chi connectivity index (χ1v) is 7.44. The summed E-state index contributed by atoms with van der Waals surface area (Å²) in [7, 11) is 0. The number of hydrogen-bond donors (Lipinski definition) is 1. The van der Waals surface area contributed by atoms with Crippen LogP contribution in [0, 0.1) is 34.6 Å². The molecule has 0 heterocycles. The number of hydrogen-bond acceptors (Lipinski definition) is 2. The van der Waals surface area contributed by atoms with Crippen LogP contribution in [-0.2, 0) is 4.79 Å². The first kappa shape index (κ1) is 16.1. The van der Waals surface area contributed by atoms with E-state index in [0.717, 1.165) is 28.1 Å². The van der Waals surface area contributed by atoms with Gasteiger partial charge in [-0.25, -0.2) is 0 Å². The van der Waals surface area contributed by atoms with Gasteiger partial charge < -0.3 is 10.1 Å². The van der Waals surface area contributed by atoms with E-state index in [9.17, 15) is 4.79 Å². The second-order valence-corrected chi connectivity index (χ2v) is 5.84. The van der Waals surface area contributed by atoms with Crippen molar-refractivity contribution in [2.45, 2.75) is 34.6 Å². The number of anilines is 1. The zero-order chi connectivity index (χ0) is 16.3. The van der Waals surface area contributed by atoms with Gasteiger partial charge >= 0.3 is 0 Å². The molecular weight excluding hydrogens is 274 g/mol. The predicted octanol–water partition coefficient (Wildman–Crippen LogP) is 4.25. The highest BCUT2D eigenvalue weighted by Gasteiger charge is 2.07. The second-order valence-electron chi connectivity index (χ2n) is 5.84. The van der Waals surface area contributed by atoms with Gasteiger partial charge in [-0.2, -0.15) is 0 Å². The molecule has 1 amide bonds. The minimum absolute atomic E-state index is 0.0102. The van der Waals surface area contributed by atoms with E-state index in [0.29, 0.717) is 0 Å². The van der Waals surface area contributed by atoms with E-state index in [1.165, 1.54) is 11.1 Å². The first-order valence-electron chi connectivity index (χ1n) is 7.44. The lowest BCUT2D eigenvalue weighted by Gasteiger charge is -2.12. The Morgan fingerprint density at radius 2 is 1.50 bits per heavy atom. The zero-order valence-corrected chi connectivity index (χ0v) is 13.9. The average molecular weight is 297 g/mol. The number of rotatable bonds is 4. The summed E-state index contributed by atoms with van der Waals surface area (Å²) in [5.41, 5.74) is 6.60. The molecule has 22 heavy (non-hydrogen) atoms. The van der Waals surface area contributed by atoms with E-state index in [1.54, 1.807) is 0 Å². The van der Waals surface area contributed by atoms with Gasteiger partial charge in [0.25, 0.3) is 5.91 Å². The van der Waals surface area contributed by atoms with Crippen LogP contribution in [0.1, 0.15) is 27.8 Å². The molecule has 0 atom stereocenters. The number of carbonyl (C=O) groups excluding carboxylic acids is 1. The van der Waals surface area contributed by atoms with Crippen LogP contribution in [0.3, 0.4) is 0 Å². The molecule has 3 nitrogen and oxygen atoms in total. The Kier molecular flexibility index (Phi) is 4.86. The van der Waals surface area contributed by atoms with E-state index in [-0.39, 0.29) is 12.5 Å². The van der Waals surface area contributed by atoms with Crippen molar-refractivity contribution < 1.29 is 9.53 Å². The lowest BCUT2D eigenvalue weighted by atomic mass is 10.1. The van der Waals surface area contributed by atoms with Gasteiger partial charge in [-0.3, -0.25) is 4.79 Å². The van der Waals surface area contributed by atoms with Crippen molar-refractivity contribution in [3.05, 3.63) is 58.1 Å². The number of benzene rings is 2. The molecule has 0 unspecified atom stereocenters. The highest BCUT2D eigenvalue weighted by molar-refractivity contribution is 5.92. The summed E-state index contributed by atoms with van der Waals surface area (Å²) in [5.74, 6) is 0.610. The van der Waals surface area contributed by atoms with Crippen LogP contribution in [0.2, 0.25) is 0 Å². The summed E-state index contributed by atoms with van der Waals surface area (Å²) < 4.78 is 5.65. The van der Waals surface area contributed by atoms with E-state index >= 15 is 0 Å². The summed E-state index contributed by atoms with van der Waals surface area (Å²) in [6.07, 6.45) is 0. The van der Waals surface area contributed by atoms with Crippen molar-refractivity contribution in [2.24, 2.45) is 0 Å². The van der Waals surface area contributed by atoms with Gasteiger partial charge in [0.1, 0.15) is 5.75 Å². The van der Waals surface area contributed by atoms with Crippen LogP contribution >= 0.6 is 0 Å². The average Bonchev–Trinajstić information content (AvgIpc) is 2.45. The fourth-order valence-corrected chi connectivity index (χ4v) is 2.25. The monoisotopic (exact) mass is 297 g/mol. The fourth-order valence-electron chi connectivity index (χ4n) is 2.25. The lowest BCUT2D eigenvalue weighted by molar-refractivity contribution is -0.118. The van der Waals surface area contributed by atoms with Gasteiger partial charge in [0.2, 0.25) is 0 Å². The number of aryl methyl sites for hydroxylation is 5. The normalized spacial score (nSPS) is 10.4. The van der Waals surface area contributed by atoms with Crippen LogP contribution in [0.4, 0.5) is 5.69 Å². The number of amides is 1. The topological polar surface area (TPSA) is 38.3 Å². The Bertz CT molecular complexity index is 705. The Labute approximate surface area is 132 Å². The molecule has 0 saturated carbocycles. The lowest BCUT2D eigenvalue weighted by Crippen LogP contribution is -2.20. The Morgan fingerprint density at radius 3 is 2.18 bits per heavy atom. The minimum Gasteiger partial charge on any atom is -0.483 e. The molecule has 2 rings (SSSR count). The first-order chi connectivity index (χ1) is 10.4. The predicted molar refractivity (Wildman–Crippen MR) is 90.7 cm³/mol. The maximum absolute atomic E-state index is 12.0. The van der Waals surface area contributed by atoms with Crippen LogP contribution in [0.5, 0.6) is 5.75 Å². The molecule has 0 radical (unpaired) electrons. The van der Waals surface area contributed by atoms with Crippen molar-refractivity contribution in [3.8, 4) is 5.75 Å². The van der Waals surface area contributed by atoms with E-state index < -0.39 is 0 Å². The number of ether oxygens (including phenoxy) is 1. The summed E-state index contributed by atoms with van der Waals surface area (Å²) in [6, 6.07) is 9.93. The van der Waals surface area contributed by atoms with Crippen molar-refractivity contribution in [2.75, 3.05) is 11.9 Å². The molecule has 1 N–H and O–H groups in total. The van der Waals surface area contributed by atoms with Gasteiger partial charge in [-0.05, 0) is 80.6 Å². The zero-order valence-electron chi connectivity index (χ0n) is 13.9. The third-order valence-electron chi connectivity index (χ3n) is 3.94. The smallest absolute Gasteiger partial charge is 0.262 e. The molecule has 0 fully saturated rings. The van der Waals surface area contributed by atoms with Crippen molar-refractivity contribution in [1.29, 1.82) is 0 Å². The van der Waals surface area contributed by atoms with E-state index in [4.69, 9.17) is 4.74 Å². The van der Waals surface area contributed by atoms with Gasteiger partial charge in [-0.15, -0.1) is 0 Å². The molecule has 116 valence electrons. The van der Waals surface area contributed by atoms with Gasteiger partial charge in [0, 0.05) is 5.69 Å². The molecule has 3 heteroatoms. The van der Waals surface area contributed by atoms with Crippen molar-refractivity contribution >= 4 is 11.6 Å². The van der Waals surface area contributed by atoms with E-state index in [2.05, 4.69) is 18.3 Å². The number of nitrogens with one attached hydrogen (secondary N) is 1. The quantitative estimate of drug-likeness (QED) is 0.916. The highest BCUT2D eigenvalue weighted by Crippen LogP contribution is 2.22. The molecule has 0 aliphatic rings. The second kappa shape index (κ2) is 6.65. The Hall–Kier alpha value is -2.29. The summed E-state index contributed by atoms with van der Waals surface area (Å²) >= 11 is 0. The standard InChI is InChI=1S/C19H23NO2/c1-12-6-7-17(9-14(12)3)20-19(21)11-22-18-10-15(4)13(2)8-16(18)5/h6-10H,11H2,1-5H3,(H,20,21). The van der Waals surface area contributed by atoms with E-state index in [1.807, 2.05) is 52.0 Å². The largest absolute Gasteiger partial charge is 0.483 e. The van der Waals surface area contributed by atoms with Crippen LogP contribution in [0.15, 0.2) is 30.3 Å². The Balaban J connectivity index is 1.98. The Morgan fingerprint density at radius 1 is 0.864 bits per heavy atom. The van der Waals surface area contributed by atoms with Crippen LogP contribution in [0.25, 0.3) is 0 Å². The van der Waals surface area contributed by atoms with Gasteiger partial charge in [0.15, 0.2) is 6.61 Å². The molecule has 0 bridgehead atoms. The molecular formula is C19H23NO2. The van der Waals surface area contributed by atoms with Crippen LogP contribution in [-0.4, -0.2) is 12.5 Å². The third kappa shape index (κ3) is 3.88. The molecule has 0 saturated heterocycles. The third-order valence-corrected chi connectivity index (χ3v) is 3.94. The van der Waals surface area contributed by atoms with Crippen LogP contribution < -0.4 is 10.1 Å². The molecule has 0 aromatic heterocycles.